The van der Waals surface area contributed by atoms with Crippen LogP contribution in [0, 0.1) is 13.8 Å². The van der Waals surface area contributed by atoms with Gasteiger partial charge < -0.3 is 10.2 Å². The molecule has 0 atom stereocenters. The van der Waals surface area contributed by atoms with E-state index < -0.39 is 15.9 Å². The number of pyridine rings is 1. The molecule has 1 aliphatic heterocycles. The van der Waals surface area contributed by atoms with E-state index in [-0.39, 0.29) is 10.5 Å². The Morgan fingerprint density at radius 2 is 1.82 bits per heavy atom. The molecule has 2 heterocycles. The molecule has 1 aromatic heterocycles. The number of nitrogens with zero attached hydrogens (tertiary/aromatic N) is 2. The highest BCUT2D eigenvalue weighted by molar-refractivity contribution is 7.89. The van der Waals surface area contributed by atoms with Crippen LogP contribution in [0.1, 0.15) is 40.7 Å². The van der Waals surface area contributed by atoms with Crippen molar-refractivity contribution in [2.45, 2.75) is 38.0 Å². The van der Waals surface area contributed by atoms with E-state index in [4.69, 9.17) is 0 Å². The summed E-state index contributed by atoms with van der Waals surface area (Å²) in [5.74, 6) is 0.0379. The molecule has 150 valence electrons. The predicted molar refractivity (Wildman–Crippen MR) is 110 cm³/mol. The Kier molecular flexibility index (Phi) is 6.00. The van der Waals surface area contributed by atoms with E-state index in [9.17, 15) is 13.2 Å². The van der Waals surface area contributed by atoms with E-state index in [1.54, 1.807) is 32.2 Å². The highest BCUT2D eigenvalue weighted by Crippen LogP contribution is 2.23. The molecule has 1 amide bonds. The minimum atomic E-state index is -3.65. The molecule has 0 spiro atoms. The van der Waals surface area contributed by atoms with Gasteiger partial charge >= 0.3 is 0 Å². The van der Waals surface area contributed by atoms with Crippen LogP contribution in [0.25, 0.3) is 0 Å². The standard InChI is InChI=1S/C20H26N4O3S/c1-14-11-16(12-18(15(14)2)28(26,27)21-3)20(25)23-19-8-7-17(13-22-19)24-9-5-4-6-10-24/h7-8,11-13,21H,4-6,9-10H2,1-3H3,(H,22,23,25). The first kappa shape index (κ1) is 20.3. The number of piperidine rings is 1. The molecule has 0 bridgehead atoms. The van der Waals surface area contributed by atoms with Gasteiger partial charge in [0.05, 0.1) is 16.8 Å². The average molecular weight is 403 g/mol. The number of anilines is 2. The zero-order valence-electron chi connectivity index (χ0n) is 16.4. The molecule has 0 unspecified atom stereocenters. The molecule has 7 nitrogen and oxygen atoms in total. The minimum Gasteiger partial charge on any atom is -0.370 e. The maximum atomic E-state index is 12.7. The SMILES string of the molecule is CNS(=O)(=O)c1cc(C(=O)Nc2ccc(N3CCCCC3)cn2)cc(C)c1C. The van der Waals surface area contributed by atoms with Gasteiger partial charge in [-0.1, -0.05) is 0 Å². The molecule has 1 fully saturated rings. The molecule has 8 heteroatoms. The van der Waals surface area contributed by atoms with E-state index in [0.717, 1.165) is 24.3 Å². The lowest BCUT2D eigenvalue weighted by Gasteiger charge is -2.28. The smallest absolute Gasteiger partial charge is 0.256 e. The first-order valence-corrected chi connectivity index (χ1v) is 10.9. The topological polar surface area (TPSA) is 91.4 Å². The van der Waals surface area contributed by atoms with E-state index in [1.165, 1.54) is 32.4 Å². The third-order valence-corrected chi connectivity index (χ3v) is 6.69. The van der Waals surface area contributed by atoms with Crippen molar-refractivity contribution in [3.05, 3.63) is 47.2 Å². The normalized spacial score (nSPS) is 14.8. The van der Waals surface area contributed by atoms with Gasteiger partial charge in [0, 0.05) is 18.7 Å². The summed E-state index contributed by atoms with van der Waals surface area (Å²) < 4.78 is 26.8. The third kappa shape index (κ3) is 4.34. The lowest BCUT2D eigenvalue weighted by molar-refractivity contribution is 0.102. The number of sulfonamides is 1. The Labute approximate surface area is 166 Å². The minimum absolute atomic E-state index is 0.105. The van der Waals surface area contributed by atoms with Crippen molar-refractivity contribution in [2.75, 3.05) is 30.4 Å². The number of carbonyl (C=O) groups excluding carboxylic acids is 1. The van der Waals surface area contributed by atoms with E-state index >= 15 is 0 Å². The summed E-state index contributed by atoms with van der Waals surface area (Å²) in [5, 5.41) is 2.75. The lowest BCUT2D eigenvalue weighted by atomic mass is 10.1. The highest BCUT2D eigenvalue weighted by Gasteiger charge is 2.20. The van der Waals surface area contributed by atoms with Crippen molar-refractivity contribution in [2.24, 2.45) is 0 Å². The second kappa shape index (κ2) is 8.28. The summed E-state index contributed by atoms with van der Waals surface area (Å²) >= 11 is 0. The second-order valence-corrected chi connectivity index (χ2v) is 8.88. The number of rotatable bonds is 5. The Morgan fingerprint density at radius 1 is 1.11 bits per heavy atom. The lowest BCUT2D eigenvalue weighted by Crippen LogP contribution is -2.29. The number of benzene rings is 1. The molecule has 1 aromatic carbocycles. The van der Waals surface area contributed by atoms with Gasteiger partial charge in [0.25, 0.3) is 5.91 Å². The van der Waals surface area contributed by atoms with E-state index in [2.05, 4.69) is 19.9 Å². The molecule has 3 rings (SSSR count). The number of aromatic nitrogens is 1. The molecule has 2 N–H and O–H groups in total. The molecular weight excluding hydrogens is 376 g/mol. The number of carbonyl (C=O) groups is 1. The highest BCUT2D eigenvalue weighted by atomic mass is 32.2. The summed E-state index contributed by atoms with van der Waals surface area (Å²) in [6, 6.07) is 6.80. The Morgan fingerprint density at radius 3 is 2.43 bits per heavy atom. The molecule has 2 aromatic rings. The second-order valence-electron chi connectivity index (χ2n) is 7.03. The summed E-state index contributed by atoms with van der Waals surface area (Å²) in [5.41, 5.74) is 2.68. The first-order chi connectivity index (χ1) is 13.3. The fourth-order valence-electron chi connectivity index (χ4n) is 3.33. The van der Waals surface area contributed by atoms with Crippen molar-refractivity contribution >= 4 is 27.4 Å². The van der Waals surface area contributed by atoms with Crippen molar-refractivity contribution in [1.29, 1.82) is 0 Å². The Balaban J connectivity index is 1.79. The van der Waals surface area contributed by atoms with Crippen molar-refractivity contribution in [3.63, 3.8) is 0 Å². The molecule has 0 aliphatic carbocycles. The van der Waals surface area contributed by atoms with Gasteiger partial charge in [-0.2, -0.15) is 0 Å². The van der Waals surface area contributed by atoms with Crippen LogP contribution in [-0.2, 0) is 10.0 Å². The van der Waals surface area contributed by atoms with Crippen LogP contribution in [-0.4, -0.2) is 39.4 Å². The Bertz CT molecular complexity index is 966. The zero-order chi connectivity index (χ0) is 20.3. The van der Waals surface area contributed by atoms with Crippen LogP contribution in [0.3, 0.4) is 0 Å². The van der Waals surface area contributed by atoms with Crippen LogP contribution < -0.4 is 14.9 Å². The van der Waals surface area contributed by atoms with Gasteiger partial charge in [-0.05, 0) is 75.5 Å². The molecule has 0 radical (unpaired) electrons. The van der Waals surface area contributed by atoms with Crippen molar-refractivity contribution < 1.29 is 13.2 Å². The predicted octanol–water partition coefficient (Wildman–Crippen LogP) is 2.85. The van der Waals surface area contributed by atoms with Gasteiger partial charge in [-0.25, -0.2) is 18.1 Å². The summed E-state index contributed by atoms with van der Waals surface area (Å²) in [6.45, 7) is 5.56. The van der Waals surface area contributed by atoms with Gasteiger partial charge in [0.15, 0.2) is 0 Å². The Hall–Kier alpha value is -2.45. The van der Waals surface area contributed by atoms with Crippen LogP contribution in [0.2, 0.25) is 0 Å². The van der Waals surface area contributed by atoms with E-state index in [1.807, 2.05) is 6.07 Å². The van der Waals surface area contributed by atoms with Gasteiger partial charge in [-0.3, -0.25) is 4.79 Å². The van der Waals surface area contributed by atoms with Crippen LogP contribution in [0.5, 0.6) is 0 Å². The largest absolute Gasteiger partial charge is 0.370 e. The zero-order valence-corrected chi connectivity index (χ0v) is 17.3. The molecular formula is C20H26N4O3S. The summed E-state index contributed by atoms with van der Waals surface area (Å²) in [4.78, 5) is 19.4. The van der Waals surface area contributed by atoms with Crippen molar-refractivity contribution in [1.82, 2.24) is 9.71 Å². The fraction of sp³-hybridized carbons (Fsp3) is 0.400. The van der Waals surface area contributed by atoms with E-state index in [0.29, 0.717) is 11.4 Å². The van der Waals surface area contributed by atoms with Crippen LogP contribution >= 0.6 is 0 Å². The van der Waals surface area contributed by atoms with Gasteiger partial charge in [0.1, 0.15) is 5.82 Å². The first-order valence-electron chi connectivity index (χ1n) is 9.39. The van der Waals surface area contributed by atoms with Gasteiger partial charge in [0.2, 0.25) is 10.0 Å². The number of hydrogen-bond donors (Lipinski definition) is 2. The molecule has 0 saturated carbocycles. The molecule has 1 saturated heterocycles. The number of hydrogen-bond acceptors (Lipinski definition) is 5. The number of nitrogens with one attached hydrogen (secondary N) is 2. The quantitative estimate of drug-likeness (QED) is 0.802. The molecule has 1 aliphatic rings. The summed E-state index contributed by atoms with van der Waals surface area (Å²) in [7, 11) is -2.30. The number of amides is 1. The number of aryl methyl sites for hydroxylation is 1. The average Bonchev–Trinajstić information content (AvgIpc) is 2.71. The van der Waals surface area contributed by atoms with Crippen molar-refractivity contribution in [3.8, 4) is 0 Å². The maximum Gasteiger partial charge on any atom is 0.256 e. The third-order valence-electron chi connectivity index (χ3n) is 5.15. The van der Waals surface area contributed by atoms with Gasteiger partial charge in [-0.15, -0.1) is 0 Å². The van der Waals surface area contributed by atoms with Crippen LogP contribution in [0.4, 0.5) is 11.5 Å². The monoisotopic (exact) mass is 402 g/mol. The molecule has 28 heavy (non-hydrogen) atoms. The van der Waals surface area contributed by atoms with Crippen LogP contribution in [0.15, 0.2) is 35.4 Å². The fourth-order valence-corrected chi connectivity index (χ4v) is 4.40. The maximum absolute atomic E-state index is 12.7. The summed E-state index contributed by atoms with van der Waals surface area (Å²) in [6.07, 6.45) is 5.39.